The molecule has 0 aliphatic heterocycles. The smallest absolute Gasteiger partial charge is 0.296 e. The van der Waals surface area contributed by atoms with Crippen molar-refractivity contribution in [1.29, 1.82) is 5.26 Å². The normalized spacial score (nSPS) is 11.2. The Morgan fingerprint density at radius 2 is 2.03 bits per heavy atom. The summed E-state index contributed by atoms with van der Waals surface area (Å²) in [6.45, 7) is 7.41. The van der Waals surface area contributed by atoms with Crippen LogP contribution in [0.3, 0.4) is 0 Å². The molecule has 0 unspecified atom stereocenters. The summed E-state index contributed by atoms with van der Waals surface area (Å²) < 4.78 is 6.47. The second-order valence-corrected chi connectivity index (χ2v) is 6.96. The first kappa shape index (κ1) is 22.7. The van der Waals surface area contributed by atoms with Crippen LogP contribution >= 0.6 is 0 Å². The molecule has 1 N–H and O–H groups in total. The highest BCUT2D eigenvalue weighted by molar-refractivity contribution is 5.61. The van der Waals surface area contributed by atoms with E-state index in [1.807, 2.05) is 19.9 Å². The van der Waals surface area contributed by atoms with Gasteiger partial charge in [-0.1, -0.05) is 6.07 Å². The Morgan fingerprint density at radius 3 is 2.63 bits per heavy atom. The van der Waals surface area contributed by atoms with Crippen molar-refractivity contribution < 1.29 is 14.8 Å². The number of azo groups is 1. The molecule has 0 fully saturated rings. The first-order chi connectivity index (χ1) is 14.2. The molecule has 2 aromatic rings. The van der Waals surface area contributed by atoms with Gasteiger partial charge in [0.1, 0.15) is 11.6 Å². The maximum absolute atomic E-state index is 12.6. The van der Waals surface area contributed by atoms with Gasteiger partial charge >= 0.3 is 0 Å². The molecule has 1 aromatic heterocycles. The number of nitriles is 1. The summed E-state index contributed by atoms with van der Waals surface area (Å²) in [5.74, 6) is -0.459. The molecule has 0 saturated heterocycles. The van der Waals surface area contributed by atoms with Crippen LogP contribution in [0.4, 0.5) is 17.1 Å². The molecule has 0 atom stereocenters. The van der Waals surface area contributed by atoms with Crippen molar-refractivity contribution >= 4 is 17.1 Å². The number of nitro groups is 1. The summed E-state index contributed by atoms with van der Waals surface area (Å²) >= 11 is 0. The predicted molar refractivity (Wildman–Crippen MR) is 110 cm³/mol. The number of nitro benzene ring substituents is 1. The van der Waals surface area contributed by atoms with E-state index >= 15 is 0 Å². The Bertz CT molecular complexity index is 1080. The molecule has 0 radical (unpaired) electrons. The highest BCUT2D eigenvalue weighted by atomic mass is 16.6. The molecular weight excluding hydrogens is 390 g/mol. The minimum Gasteiger partial charge on any atom is -0.493 e. The molecule has 158 valence electrons. The molecular formula is C20H23N5O5. The van der Waals surface area contributed by atoms with E-state index in [-0.39, 0.29) is 40.8 Å². The topological polar surface area (TPSA) is 143 Å². The number of benzene rings is 1. The van der Waals surface area contributed by atoms with Gasteiger partial charge in [-0.2, -0.15) is 5.26 Å². The number of pyridine rings is 1. The van der Waals surface area contributed by atoms with Crippen LogP contribution in [0, 0.1) is 35.3 Å². The van der Waals surface area contributed by atoms with Gasteiger partial charge in [0.15, 0.2) is 11.4 Å². The first-order valence-corrected chi connectivity index (χ1v) is 9.32. The Kier molecular flexibility index (Phi) is 7.38. The fraction of sp³-hybridized carbons (Fsp3) is 0.400. The van der Waals surface area contributed by atoms with Crippen LogP contribution in [-0.2, 0) is 11.3 Å². The summed E-state index contributed by atoms with van der Waals surface area (Å²) in [5, 5.41) is 39.1. The number of ether oxygens (including phenoxy) is 1. The van der Waals surface area contributed by atoms with Crippen LogP contribution in [0.25, 0.3) is 0 Å². The van der Waals surface area contributed by atoms with E-state index in [4.69, 9.17) is 4.74 Å². The fourth-order valence-electron chi connectivity index (χ4n) is 2.77. The molecule has 2 rings (SSSR count). The number of rotatable bonds is 8. The lowest BCUT2D eigenvalue weighted by atomic mass is 10.1. The molecule has 10 heteroatoms. The summed E-state index contributed by atoms with van der Waals surface area (Å²) in [4.78, 5) is 23.2. The van der Waals surface area contributed by atoms with Crippen LogP contribution < -0.4 is 5.56 Å². The van der Waals surface area contributed by atoms with Gasteiger partial charge in [-0.15, -0.1) is 10.2 Å². The van der Waals surface area contributed by atoms with Crippen molar-refractivity contribution in [3.63, 3.8) is 0 Å². The highest BCUT2D eigenvalue weighted by Crippen LogP contribution is 2.34. The van der Waals surface area contributed by atoms with Gasteiger partial charge < -0.3 is 9.84 Å². The lowest BCUT2D eigenvalue weighted by molar-refractivity contribution is -0.384. The molecule has 0 saturated carbocycles. The molecule has 1 heterocycles. The van der Waals surface area contributed by atoms with Gasteiger partial charge in [-0.25, -0.2) is 0 Å². The van der Waals surface area contributed by atoms with E-state index in [9.17, 15) is 25.3 Å². The quantitative estimate of drug-likeness (QED) is 0.297. The molecule has 0 amide bonds. The third-order valence-electron chi connectivity index (χ3n) is 4.33. The summed E-state index contributed by atoms with van der Waals surface area (Å²) in [7, 11) is 0. The lowest BCUT2D eigenvalue weighted by Gasteiger charge is -2.13. The molecule has 0 bridgehead atoms. The number of aromatic nitrogens is 1. The van der Waals surface area contributed by atoms with Crippen molar-refractivity contribution in [3.05, 3.63) is 55.4 Å². The third kappa shape index (κ3) is 5.07. The maximum Gasteiger partial charge on any atom is 0.296 e. The van der Waals surface area contributed by atoms with Gasteiger partial charge in [-0.3, -0.25) is 19.5 Å². The Hall–Kier alpha value is -3.58. The van der Waals surface area contributed by atoms with Crippen LogP contribution in [-0.4, -0.2) is 27.3 Å². The van der Waals surface area contributed by atoms with Crippen molar-refractivity contribution in [1.82, 2.24) is 4.57 Å². The van der Waals surface area contributed by atoms with E-state index < -0.39 is 16.4 Å². The lowest BCUT2D eigenvalue weighted by Crippen LogP contribution is -2.24. The van der Waals surface area contributed by atoms with Gasteiger partial charge in [-0.05, 0) is 45.7 Å². The van der Waals surface area contributed by atoms with E-state index in [0.29, 0.717) is 18.6 Å². The number of aromatic hydroxyl groups is 1. The second-order valence-electron chi connectivity index (χ2n) is 6.96. The van der Waals surface area contributed by atoms with Gasteiger partial charge in [0.25, 0.3) is 11.2 Å². The van der Waals surface area contributed by atoms with Gasteiger partial charge in [0.2, 0.25) is 5.88 Å². The van der Waals surface area contributed by atoms with Crippen molar-refractivity contribution in [2.45, 2.75) is 46.8 Å². The zero-order valence-electron chi connectivity index (χ0n) is 17.2. The zero-order chi connectivity index (χ0) is 22.4. The molecule has 1 aromatic carbocycles. The maximum atomic E-state index is 12.6. The minimum atomic E-state index is -0.641. The number of aryl methyl sites for hydroxylation is 1. The predicted octanol–water partition coefficient (Wildman–Crippen LogP) is 4.18. The van der Waals surface area contributed by atoms with Gasteiger partial charge in [0.05, 0.1) is 11.0 Å². The Labute approximate surface area is 173 Å². The molecule has 30 heavy (non-hydrogen) atoms. The number of nitrogens with zero attached hydrogens (tertiary/aromatic N) is 5. The number of hydrogen-bond acceptors (Lipinski definition) is 8. The van der Waals surface area contributed by atoms with E-state index in [1.54, 1.807) is 13.0 Å². The van der Waals surface area contributed by atoms with Crippen molar-refractivity contribution in [3.8, 4) is 11.9 Å². The summed E-state index contributed by atoms with van der Waals surface area (Å²) in [6, 6.07) is 6.27. The SMILES string of the molecule is Cc1ccc(/N=N/c2c(C)c(C#N)c(=O)n(CCCOC(C)C)c2O)c([N+](=O)[O-])c1. The minimum absolute atomic E-state index is 0.00834. The average molecular weight is 413 g/mol. The van der Waals surface area contributed by atoms with Crippen molar-refractivity contribution in [2.75, 3.05) is 6.61 Å². The molecule has 0 spiro atoms. The van der Waals surface area contributed by atoms with Crippen LogP contribution in [0.2, 0.25) is 0 Å². The Balaban J connectivity index is 2.49. The van der Waals surface area contributed by atoms with Crippen molar-refractivity contribution in [2.24, 2.45) is 10.2 Å². The fourth-order valence-corrected chi connectivity index (χ4v) is 2.77. The zero-order valence-corrected chi connectivity index (χ0v) is 17.2. The van der Waals surface area contributed by atoms with E-state index in [0.717, 1.165) is 4.57 Å². The van der Waals surface area contributed by atoms with Crippen LogP contribution in [0.1, 0.15) is 37.0 Å². The molecule has 10 nitrogen and oxygen atoms in total. The monoisotopic (exact) mass is 413 g/mol. The second kappa shape index (κ2) is 9.76. The summed E-state index contributed by atoms with van der Waals surface area (Å²) in [5.41, 5.74) is -0.327. The largest absolute Gasteiger partial charge is 0.493 e. The average Bonchev–Trinajstić information content (AvgIpc) is 2.68. The summed E-state index contributed by atoms with van der Waals surface area (Å²) in [6.07, 6.45) is 0.456. The van der Waals surface area contributed by atoms with Gasteiger partial charge in [0, 0.05) is 24.8 Å². The Morgan fingerprint density at radius 1 is 1.33 bits per heavy atom. The number of hydrogen-bond donors (Lipinski definition) is 1. The third-order valence-corrected chi connectivity index (χ3v) is 4.33. The molecule has 0 aliphatic rings. The van der Waals surface area contributed by atoms with E-state index in [1.165, 1.54) is 19.1 Å². The highest BCUT2D eigenvalue weighted by Gasteiger charge is 2.20. The van der Waals surface area contributed by atoms with Crippen LogP contribution in [0.15, 0.2) is 33.2 Å². The standard InChI is InChI=1S/C20H23N5O5/c1-12(2)30-9-5-8-24-19(26)15(11-21)14(4)18(20(24)27)23-22-16-7-6-13(3)10-17(16)25(28)29/h6-7,10,12,27H,5,8-9H2,1-4H3/b23-22+. The first-order valence-electron chi connectivity index (χ1n) is 9.32. The van der Waals surface area contributed by atoms with E-state index in [2.05, 4.69) is 10.2 Å². The van der Waals surface area contributed by atoms with Crippen LogP contribution in [0.5, 0.6) is 5.88 Å². The molecule has 0 aliphatic carbocycles.